The SMILES string of the molecule is CCCCCCCC/C=C/CCCCCCCCCCCCCC(=O)N[C@@H](COP(=O)([O-])OCC[N+](C)(C)C)[C@H](O)/C=C/CC/C=C/CCCCCCCCCC. The Bertz CT molecular complexity index is 1030. The number of phosphoric ester groups is 1. The van der Waals surface area contributed by atoms with Crippen molar-refractivity contribution < 1.29 is 32.9 Å². The molecular formula is C48H93N2O6P. The number of hydrogen-bond donors (Lipinski definition) is 2. The van der Waals surface area contributed by atoms with Gasteiger partial charge in [-0.25, -0.2) is 0 Å². The van der Waals surface area contributed by atoms with Gasteiger partial charge < -0.3 is 28.8 Å². The minimum Gasteiger partial charge on any atom is -0.756 e. The fraction of sp³-hybridized carbons (Fsp3) is 0.854. The number of likely N-dealkylation sites (N-methyl/N-ethyl adjacent to an activating group) is 1. The van der Waals surface area contributed by atoms with Crippen LogP contribution < -0.4 is 10.2 Å². The van der Waals surface area contributed by atoms with E-state index < -0.39 is 26.6 Å². The zero-order valence-electron chi connectivity index (χ0n) is 38.0. The van der Waals surface area contributed by atoms with E-state index in [-0.39, 0.29) is 12.5 Å². The lowest BCUT2D eigenvalue weighted by atomic mass is 10.0. The molecule has 0 radical (unpaired) electrons. The van der Waals surface area contributed by atoms with Crippen molar-refractivity contribution in [1.82, 2.24) is 5.32 Å². The summed E-state index contributed by atoms with van der Waals surface area (Å²) < 4.78 is 23.2. The lowest BCUT2D eigenvalue weighted by Crippen LogP contribution is -2.45. The normalized spacial score (nSPS) is 14.6. The van der Waals surface area contributed by atoms with Gasteiger partial charge in [0.2, 0.25) is 5.91 Å². The first-order valence-electron chi connectivity index (χ1n) is 23.9. The minimum absolute atomic E-state index is 0.00614. The molecule has 0 aliphatic heterocycles. The second-order valence-corrected chi connectivity index (χ2v) is 18.9. The summed E-state index contributed by atoms with van der Waals surface area (Å²) in [7, 11) is 1.24. The second kappa shape index (κ2) is 40.1. The van der Waals surface area contributed by atoms with Crippen molar-refractivity contribution in [2.75, 3.05) is 40.9 Å². The predicted octanol–water partition coefficient (Wildman–Crippen LogP) is 12.8. The number of carbonyl (C=O) groups excluding carboxylic acids is 1. The highest BCUT2D eigenvalue weighted by atomic mass is 31.2. The van der Waals surface area contributed by atoms with Gasteiger partial charge in [-0.3, -0.25) is 9.36 Å². The van der Waals surface area contributed by atoms with Gasteiger partial charge in [-0.1, -0.05) is 185 Å². The largest absolute Gasteiger partial charge is 0.756 e. The quantitative estimate of drug-likeness (QED) is 0.0274. The Labute approximate surface area is 353 Å². The fourth-order valence-corrected chi connectivity index (χ4v) is 7.47. The van der Waals surface area contributed by atoms with Crippen LogP contribution >= 0.6 is 7.82 Å². The Morgan fingerprint density at radius 2 is 0.982 bits per heavy atom. The molecule has 1 amide bonds. The van der Waals surface area contributed by atoms with Gasteiger partial charge in [0.05, 0.1) is 39.9 Å². The molecule has 0 rings (SSSR count). The van der Waals surface area contributed by atoms with Gasteiger partial charge in [0.25, 0.3) is 7.82 Å². The van der Waals surface area contributed by atoms with E-state index in [0.717, 1.165) is 38.5 Å². The van der Waals surface area contributed by atoms with Crippen LogP contribution in [-0.4, -0.2) is 68.5 Å². The maximum Gasteiger partial charge on any atom is 0.268 e. The average molecular weight is 825 g/mol. The molecule has 0 aromatic rings. The Morgan fingerprint density at radius 1 is 0.596 bits per heavy atom. The van der Waals surface area contributed by atoms with Crippen LogP contribution in [0.25, 0.3) is 0 Å². The molecule has 9 heteroatoms. The van der Waals surface area contributed by atoms with Crippen LogP contribution in [-0.2, 0) is 18.4 Å². The third-order valence-corrected chi connectivity index (χ3v) is 11.5. The van der Waals surface area contributed by atoms with E-state index in [1.165, 1.54) is 154 Å². The van der Waals surface area contributed by atoms with Gasteiger partial charge in [-0.15, -0.1) is 0 Å². The van der Waals surface area contributed by atoms with E-state index in [9.17, 15) is 19.4 Å². The van der Waals surface area contributed by atoms with Crippen LogP contribution in [0.1, 0.15) is 213 Å². The smallest absolute Gasteiger partial charge is 0.268 e. The Hall–Kier alpha value is -1.28. The highest BCUT2D eigenvalue weighted by molar-refractivity contribution is 7.45. The van der Waals surface area contributed by atoms with Gasteiger partial charge in [-0.05, 0) is 57.8 Å². The first-order valence-corrected chi connectivity index (χ1v) is 25.3. The number of nitrogens with zero attached hydrogens (tertiary/aromatic N) is 1. The molecule has 336 valence electrons. The lowest BCUT2D eigenvalue weighted by molar-refractivity contribution is -0.870. The number of phosphoric acid groups is 1. The number of amides is 1. The molecule has 57 heavy (non-hydrogen) atoms. The fourth-order valence-electron chi connectivity index (χ4n) is 6.75. The molecule has 0 aliphatic carbocycles. The van der Waals surface area contributed by atoms with Crippen molar-refractivity contribution in [3.63, 3.8) is 0 Å². The molecule has 0 heterocycles. The molecular weight excluding hydrogens is 732 g/mol. The standard InChI is InChI=1S/C48H93N2O6P/c1-6-8-10-12-14-16-18-20-22-23-24-25-26-27-28-30-32-34-36-38-40-42-48(52)49-46(45-56-57(53,54)55-44-43-50(3,4)5)47(51)41-39-37-35-33-31-29-21-19-17-15-13-11-9-7-2/h20,22,31,33,39,41,46-47,51H,6-19,21,23-30,32,34-38,40,42-45H2,1-5H3,(H-,49,52,53,54)/b22-20+,33-31+,41-39+/t46-,47+/m0/s1. The zero-order valence-corrected chi connectivity index (χ0v) is 38.9. The third-order valence-electron chi connectivity index (χ3n) is 10.6. The van der Waals surface area contributed by atoms with E-state index in [2.05, 4.69) is 43.5 Å². The molecule has 0 aromatic heterocycles. The molecule has 2 N–H and O–H groups in total. The summed E-state index contributed by atoms with van der Waals surface area (Å²) in [5.41, 5.74) is 0. The van der Waals surface area contributed by atoms with Crippen molar-refractivity contribution in [2.24, 2.45) is 0 Å². The van der Waals surface area contributed by atoms with E-state index in [0.29, 0.717) is 17.4 Å². The highest BCUT2D eigenvalue weighted by Gasteiger charge is 2.23. The first kappa shape index (κ1) is 55.7. The van der Waals surface area contributed by atoms with Gasteiger partial charge in [0.15, 0.2) is 0 Å². The van der Waals surface area contributed by atoms with Gasteiger partial charge >= 0.3 is 0 Å². The van der Waals surface area contributed by atoms with Crippen molar-refractivity contribution in [1.29, 1.82) is 0 Å². The van der Waals surface area contributed by atoms with Crippen LogP contribution in [0.3, 0.4) is 0 Å². The number of rotatable bonds is 43. The molecule has 0 spiro atoms. The van der Waals surface area contributed by atoms with Crippen molar-refractivity contribution >= 4 is 13.7 Å². The first-order chi connectivity index (χ1) is 27.5. The molecule has 0 bridgehead atoms. The number of hydrogen-bond acceptors (Lipinski definition) is 6. The summed E-state index contributed by atoms with van der Waals surface area (Å²) in [4.78, 5) is 25.3. The molecule has 0 aromatic carbocycles. The van der Waals surface area contributed by atoms with E-state index in [1.807, 2.05) is 27.2 Å². The van der Waals surface area contributed by atoms with Crippen molar-refractivity contribution in [3.05, 3.63) is 36.5 Å². The molecule has 0 fully saturated rings. The van der Waals surface area contributed by atoms with Crippen molar-refractivity contribution in [2.45, 2.75) is 225 Å². The number of carbonyl (C=O) groups is 1. The summed E-state index contributed by atoms with van der Waals surface area (Å²) >= 11 is 0. The van der Waals surface area contributed by atoms with Crippen LogP contribution in [0.15, 0.2) is 36.5 Å². The van der Waals surface area contributed by atoms with Crippen molar-refractivity contribution in [3.8, 4) is 0 Å². The third kappa shape index (κ3) is 42.6. The number of nitrogens with one attached hydrogen (secondary N) is 1. The summed E-state index contributed by atoms with van der Waals surface area (Å²) in [6.45, 7) is 4.62. The maximum absolute atomic E-state index is 12.9. The molecule has 1 unspecified atom stereocenters. The van der Waals surface area contributed by atoms with Gasteiger partial charge in [-0.2, -0.15) is 0 Å². The Kier molecular flexibility index (Phi) is 39.2. The minimum atomic E-state index is -4.59. The van der Waals surface area contributed by atoms with Crippen LogP contribution in [0.2, 0.25) is 0 Å². The summed E-state index contributed by atoms with van der Waals surface area (Å²) in [5.74, 6) is -0.208. The van der Waals surface area contributed by atoms with Crippen LogP contribution in [0.5, 0.6) is 0 Å². The second-order valence-electron chi connectivity index (χ2n) is 17.5. The molecule has 0 saturated heterocycles. The van der Waals surface area contributed by atoms with E-state index in [1.54, 1.807) is 6.08 Å². The van der Waals surface area contributed by atoms with E-state index in [4.69, 9.17) is 9.05 Å². The van der Waals surface area contributed by atoms with Gasteiger partial charge in [0, 0.05) is 6.42 Å². The molecule has 8 nitrogen and oxygen atoms in total. The summed E-state index contributed by atoms with van der Waals surface area (Å²) in [6.07, 6.45) is 49.1. The van der Waals surface area contributed by atoms with Crippen LogP contribution in [0, 0.1) is 0 Å². The number of aliphatic hydroxyl groups excluding tert-OH is 1. The lowest BCUT2D eigenvalue weighted by Gasteiger charge is -2.29. The molecule has 0 saturated carbocycles. The summed E-state index contributed by atoms with van der Waals surface area (Å²) in [6, 6.07) is -0.901. The number of quaternary nitrogens is 1. The van der Waals surface area contributed by atoms with Gasteiger partial charge in [0.1, 0.15) is 13.2 Å². The molecule has 0 aliphatic rings. The number of aliphatic hydroxyl groups is 1. The average Bonchev–Trinajstić information content (AvgIpc) is 3.16. The number of unbranched alkanes of at least 4 members (excludes halogenated alkanes) is 26. The maximum atomic E-state index is 12.9. The predicted molar refractivity (Wildman–Crippen MR) is 242 cm³/mol. The number of allylic oxidation sites excluding steroid dienone is 5. The zero-order chi connectivity index (χ0) is 42.1. The van der Waals surface area contributed by atoms with Crippen LogP contribution in [0.4, 0.5) is 0 Å². The highest BCUT2D eigenvalue weighted by Crippen LogP contribution is 2.38. The Morgan fingerprint density at radius 3 is 1.42 bits per heavy atom. The molecule has 3 atom stereocenters. The monoisotopic (exact) mass is 825 g/mol. The Balaban J connectivity index is 4.35. The summed E-state index contributed by atoms with van der Waals surface area (Å²) in [5, 5.41) is 13.8. The topological polar surface area (TPSA) is 108 Å². The van der Waals surface area contributed by atoms with E-state index >= 15 is 0 Å².